The van der Waals surface area contributed by atoms with Crippen molar-refractivity contribution in [3.8, 4) is 0 Å². The number of nitrogens with zero attached hydrogens (tertiary/aromatic N) is 2. The van der Waals surface area contributed by atoms with Crippen LogP contribution < -0.4 is 10.6 Å². The minimum absolute atomic E-state index is 0.213. The molecule has 0 fully saturated rings. The lowest BCUT2D eigenvalue weighted by Gasteiger charge is -2.10. The van der Waals surface area contributed by atoms with Crippen molar-refractivity contribution in [3.05, 3.63) is 77.2 Å². The first-order chi connectivity index (χ1) is 12.1. The maximum atomic E-state index is 12.9. The van der Waals surface area contributed by atoms with Gasteiger partial charge in [-0.3, -0.25) is 0 Å². The Morgan fingerprint density at radius 1 is 0.960 bits per heavy atom. The Kier molecular flexibility index (Phi) is 5.23. The molecule has 0 saturated carbocycles. The van der Waals surface area contributed by atoms with E-state index in [1.54, 1.807) is 12.1 Å². The van der Waals surface area contributed by atoms with Crippen molar-refractivity contribution in [2.24, 2.45) is 0 Å². The molecule has 3 aromatic rings. The molecule has 0 amide bonds. The van der Waals surface area contributed by atoms with Crippen LogP contribution in [0.4, 0.5) is 21.8 Å². The maximum absolute atomic E-state index is 12.9. The predicted molar refractivity (Wildman–Crippen MR) is 99.8 cm³/mol. The standard InChI is InChI=1S/C20H21FN4/c1-14-4-3-5-18(12-14)24-20-23-15(2)13-19(25-20)22-11-10-16-6-8-17(21)9-7-16/h3-9,12-13H,10-11H2,1-2H3,(H2,22,23,24,25). The fourth-order valence-corrected chi connectivity index (χ4v) is 2.55. The summed E-state index contributed by atoms with van der Waals surface area (Å²) >= 11 is 0. The average molecular weight is 336 g/mol. The number of hydrogen-bond donors (Lipinski definition) is 2. The molecule has 0 radical (unpaired) electrons. The number of aryl methyl sites for hydroxylation is 2. The number of rotatable bonds is 6. The van der Waals surface area contributed by atoms with Crippen LogP contribution in [-0.4, -0.2) is 16.5 Å². The van der Waals surface area contributed by atoms with E-state index in [2.05, 4.69) is 20.6 Å². The third-order valence-corrected chi connectivity index (χ3v) is 3.76. The second-order valence-electron chi connectivity index (χ2n) is 6.02. The Hall–Kier alpha value is -2.95. The Morgan fingerprint density at radius 3 is 2.52 bits per heavy atom. The van der Waals surface area contributed by atoms with Crippen LogP contribution in [0.1, 0.15) is 16.8 Å². The van der Waals surface area contributed by atoms with Gasteiger partial charge in [0.25, 0.3) is 0 Å². The van der Waals surface area contributed by atoms with Gasteiger partial charge in [0, 0.05) is 24.0 Å². The van der Waals surface area contributed by atoms with Crippen LogP contribution in [0.3, 0.4) is 0 Å². The zero-order chi connectivity index (χ0) is 17.6. The van der Waals surface area contributed by atoms with Crippen molar-refractivity contribution >= 4 is 17.5 Å². The highest BCUT2D eigenvalue weighted by atomic mass is 19.1. The molecular formula is C20H21FN4. The van der Waals surface area contributed by atoms with Gasteiger partial charge in [-0.05, 0) is 55.7 Å². The van der Waals surface area contributed by atoms with E-state index < -0.39 is 0 Å². The molecule has 2 N–H and O–H groups in total. The lowest BCUT2D eigenvalue weighted by Crippen LogP contribution is -2.08. The molecule has 1 aromatic heterocycles. The molecular weight excluding hydrogens is 315 g/mol. The molecule has 0 spiro atoms. The molecule has 1 heterocycles. The van der Waals surface area contributed by atoms with Gasteiger partial charge in [-0.2, -0.15) is 4.98 Å². The fraction of sp³-hybridized carbons (Fsp3) is 0.200. The molecule has 2 aromatic carbocycles. The van der Waals surface area contributed by atoms with E-state index in [4.69, 9.17) is 0 Å². The van der Waals surface area contributed by atoms with Crippen LogP contribution >= 0.6 is 0 Å². The minimum Gasteiger partial charge on any atom is -0.370 e. The number of benzene rings is 2. The van der Waals surface area contributed by atoms with Gasteiger partial charge >= 0.3 is 0 Å². The zero-order valence-corrected chi connectivity index (χ0v) is 14.4. The Balaban J connectivity index is 1.63. The van der Waals surface area contributed by atoms with Gasteiger partial charge in [0.15, 0.2) is 0 Å². The second kappa shape index (κ2) is 7.75. The van der Waals surface area contributed by atoms with Gasteiger partial charge in [0.05, 0.1) is 0 Å². The summed E-state index contributed by atoms with van der Waals surface area (Å²) in [6.07, 6.45) is 0.796. The SMILES string of the molecule is Cc1cccc(Nc2nc(C)cc(NCCc3ccc(F)cc3)n2)c1. The molecule has 128 valence electrons. The van der Waals surface area contributed by atoms with Gasteiger partial charge in [-0.15, -0.1) is 0 Å². The van der Waals surface area contributed by atoms with Gasteiger partial charge in [0.2, 0.25) is 5.95 Å². The first-order valence-corrected chi connectivity index (χ1v) is 8.26. The summed E-state index contributed by atoms with van der Waals surface area (Å²) in [5, 5.41) is 6.54. The van der Waals surface area contributed by atoms with E-state index in [0.29, 0.717) is 12.5 Å². The summed E-state index contributed by atoms with van der Waals surface area (Å²) in [6.45, 7) is 4.70. The second-order valence-corrected chi connectivity index (χ2v) is 6.02. The first kappa shape index (κ1) is 16.9. The van der Waals surface area contributed by atoms with Crippen molar-refractivity contribution in [1.82, 2.24) is 9.97 Å². The first-order valence-electron chi connectivity index (χ1n) is 8.26. The van der Waals surface area contributed by atoms with E-state index >= 15 is 0 Å². The normalized spacial score (nSPS) is 10.5. The summed E-state index contributed by atoms with van der Waals surface area (Å²) in [5.41, 5.74) is 4.10. The van der Waals surface area contributed by atoms with Crippen LogP contribution in [0.2, 0.25) is 0 Å². The molecule has 3 rings (SSSR count). The summed E-state index contributed by atoms with van der Waals surface area (Å²) in [7, 11) is 0. The summed E-state index contributed by atoms with van der Waals surface area (Å²) in [6, 6.07) is 16.5. The molecule has 0 saturated heterocycles. The van der Waals surface area contributed by atoms with Gasteiger partial charge in [-0.25, -0.2) is 9.37 Å². The Labute approximate surface area is 147 Å². The molecule has 25 heavy (non-hydrogen) atoms. The monoisotopic (exact) mass is 336 g/mol. The highest BCUT2D eigenvalue weighted by Gasteiger charge is 2.03. The topological polar surface area (TPSA) is 49.8 Å². The van der Waals surface area contributed by atoms with Gasteiger partial charge in [0.1, 0.15) is 11.6 Å². The van der Waals surface area contributed by atoms with E-state index in [-0.39, 0.29) is 5.82 Å². The zero-order valence-electron chi connectivity index (χ0n) is 14.4. The van der Waals surface area contributed by atoms with E-state index in [9.17, 15) is 4.39 Å². The molecule has 0 atom stereocenters. The molecule has 0 aliphatic heterocycles. The predicted octanol–water partition coefficient (Wildman–Crippen LogP) is 4.63. The summed E-state index contributed by atoms with van der Waals surface area (Å²) in [4.78, 5) is 8.94. The Bertz CT molecular complexity index is 847. The third kappa shape index (κ3) is 5.01. The maximum Gasteiger partial charge on any atom is 0.229 e. The van der Waals surface area contributed by atoms with Crippen molar-refractivity contribution < 1.29 is 4.39 Å². The number of anilines is 3. The highest BCUT2D eigenvalue weighted by molar-refractivity contribution is 5.56. The number of aromatic nitrogens is 2. The van der Waals surface area contributed by atoms with Crippen molar-refractivity contribution in [2.75, 3.05) is 17.2 Å². The number of halogens is 1. The molecule has 5 heteroatoms. The largest absolute Gasteiger partial charge is 0.370 e. The van der Waals surface area contributed by atoms with E-state index in [1.807, 2.05) is 44.2 Å². The smallest absolute Gasteiger partial charge is 0.229 e. The van der Waals surface area contributed by atoms with E-state index in [1.165, 1.54) is 17.7 Å². The minimum atomic E-state index is -0.213. The van der Waals surface area contributed by atoms with Crippen molar-refractivity contribution in [2.45, 2.75) is 20.3 Å². The quantitative estimate of drug-likeness (QED) is 0.689. The summed E-state index contributed by atoms with van der Waals surface area (Å²) in [5.74, 6) is 1.12. The fourth-order valence-electron chi connectivity index (χ4n) is 2.55. The molecule has 0 bridgehead atoms. The van der Waals surface area contributed by atoms with Crippen molar-refractivity contribution in [3.63, 3.8) is 0 Å². The van der Waals surface area contributed by atoms with Crippen LogP contribution in [-0.2, 0) is 6.42 Å². The van der Waals surface area contributed by atoms with Crippen LogP contribution in [0.25, 0.3) is 0 Å². The van der Waals surface area contributed by atoms with Gasteiger partial charge in [-0.1, -0.05) is 24.3 Å². The van der Waals surface area contributed by atoms with Crippen LogP contribution in [0, 0.1) is 19.7 Å². The lowest BCUT2D eigenvalue weighted by molar-refractivity contribution is 0.627. The average Bonchev–Trinajstić information content (AvgIpc) is 2.56. The van der Waals surface area contributed by atoms with Crippen LogP contribution in [0.15, 0.2) is 54.6 Å². The van der Waals surface area contributed by atoms with Crippen LogP contribution in [0.5, 0.6) is 0 Å². The van der Waals surface area contributed by atoms with Crippen molar-refractivity contribution in [1.29, 1.82) is 0 Å². The summed E-state index contributed by atoms with van der Waals surface area (Å²) < 4.78 is 12.9. The lowest BCUT2D eigenvalue weighted by atomic mass is 10.1. The molecule has 0 aliphatic rings. The molecule has 4 nitrogen and oxygen atoms in total. The van der Waals surface area contributed by atoms with Gasteiger partial charge < -0.3 is 10.6 Å². The molecule has 0 unspecified atom stereocenters. The highest BCUT2D eigenvalue weighted by Crippen LogP contribution is 2.17. The third-order valence-electron chi connectivity index (χ3n) is 3.76. The number of nitrogens with one attached hydrogen (secondary N) is 2. The Morgan fingerprint density at radius 2 is 1.76 bits per heavy atom. The number of hydrogen-bond acceptors (Lipinski definition) is 4. The molecule has 0 aliphatic carbocycles. The van der Waals surface area contributed by atoms with E-state index in [0.717, 1.165) is 29.2 Å².